The number of hydrogen-bond donors (Lipinski definition) is 1. The maximum Gasteiger partial charge on any atom is 0.264 e. The molecule has 0 aliphatic rings. The topological polar surface area (TPSA) is 85.7 Å². The lowest BCUT2D eigenvalue weighted by Gasteiger charge is -2.09. The lowest BCUT2D eigenvalue weighted by molar-refractivity contribution is -0.124. The van der Waals surface area contributed by atoms with Crippen molar-refractivity contribution in [3.05, 3.63) is 78.4 Å². The molecule has 1 aromatic carbocycles. The van der Waals surface area contributed by atoms with Gasteiger partial charge in [-0.15, -0.1) is 0 Å². The number of H-pyrrole nitrogens is 1. The van der Waals surface area contributed by atoms with E-state index in [2.05, 4.69) is 21.0 Å². The second-order valence-electron chi connectivity index (χ2n) is 7.06. The van der Waals surface area contributed by atoms with Crippen LogP contribution in [0.25, 0.3) is 39.4 Å². The predicted octanol–water partition coefficient (Wildman–Crippen LogP) is 4.29. The van der Waals surface area contributed by atoms with Gasteiger partial charge in [0.25, 0.3) is 5.91 Å². The van der Waals surface area contributed by atoms with Gasteiger partial charge in [0.1, 0.15) is 17.3 Å². The average molecular weight is 393 g/mol. The SMILES string of the molecule is CN(C)C(=O)C(C#N)=Cc1cccc(-c2cnc3[nH]cc(-c4cccnc4)c3c2)c1. The van der Waals surface area contributed by atoms with Crippen LogP contribution in [0.4, 0.5) is 0 Å². The molecule has 0 saturated carbocycles. The molecule has 0 aliphatic heterocycles. The predicted molar refractivity (Wildman–Crippen MR) is 117 cm³/mol. The molecule has 146 valence electrons. The Morgan fingerprint density at radius 3 is 2.67 bits per heavy atom. The van der Waals surface area contributed by atoms with Crippen molar-refractivity contribution in [3.63, 3.8) is 0 Å². The molecule has 0 atom stereocenters. The van der Waals surface area contributed by atoms with E-state index in [1.165, 1.54) is 4.90 Å². The van der Waals surface area contributed by atoms with Crippen LogP contribution in [0.2, 0.25) is 0 Å². The Balaban J connectivity index is 1.76. The zero-order valence-corrected chi connectivity index (χ0v) is 16.6. The van der Waals surface area contributed by atoms with Crippen LogP contribution in [0.1, 0.15) is 5.56 Å². The Kier molecular flexibility index (Phi) is 5.10. The summed E-state index contributed by atoms with van der Waals surface area (Å²) in [7, 11) is 3.25. The zero-order chi connectivity index (χ0) is 21.1. The van der Waals surface area contributed by atoms with Gasteiger partial charge in [-0.2, -0.15) is 5.26 Å². The van der Waals surface area contributed by atoms with Gasteiger partial charge < -0.3 is 9.88 Å². The fourth-order valence-corrected chi connectivity index (χ4v) is 3.28. The van der Waals surface area contributed by atoms with E-state index in [9.17, 15) is 10.1 Å². The molecule has 3 heterocycles. The third kappa shape index (κ3) is 3.69. The maximum absolute atomic E-state index is 12.1. The minimum absolute atomic E-state index is 0.0928. The third-order valence-corrected chi connectivity index (χ3v) is 4.79. The first-order valence-electron chi connectivity index (χ1n) is 9.38. The largest absolute Gasteiger partial charge is 0.346 e. The number of hydrogen-bond acceptors (Lipinski definition) is 4. The summed E-state index contributed by atoms with van der Waals surface area (Å²) in [5, 5.41) is 10.3. The van der Waals surface area contributed by atoms with Crippen molar-refractivity contribution in [1.29, 1.82) is 5.26 Å². The number of nitriles is 1. The Morgan fingerprint density at radius 1 is 1.10 bits per heavy atom. The van der Waals surface area contributed by atoms with Crippen LogP contribution < -0.4 is 0 Å². The van der Waals surface area contributed by atoms with E-state index in [4.69, 9.17) is 0 Å². The zero-order valence-electron chi connectivity index (χ0n) is 16.6. The van der Waals surface area contributed by atoms with Crippen LogP contribution in [0.15, 0.2) is 72.8 Å². The minimum atomic E-state index is -0.320. The molecule has 30 heavy (non-hydrogen) atoms. The second kappa shape index (κ2) is 8.02. The molecular formula is C24H19N5O. The number of nitrogens with one attached hydrogen (secondary N) is 1. The monoisotopic (exact) mass is 393 g/mol. The molecule has 6 heteroatoms. The molecule has 4 rings (SSSR count). The number of carbonyl (C=O) groups excluding carboxylic acids is 1. The lowest BCUT2D eigenvalue weighted by atomic mass is 10.0. The Bertz CT molecular complexity index is 1300. The Morgan fingerprint density at radius 2 is 1.93 bits per heavy atom. The number of aromatic nitrogens is 3. The molecule has 0 bridgehead atoms. The number of benzene rings is 1. The van der Waals surface area contributed by atoms with Crippen LogP contribution in [0, 0.1) is 11.3 Å². The van der Waals surface area contributed by atoms with Crippen LogP contribution in [0.5, 0.6) is 0 Å². The number of aromatic amines is 1. The summed E-state index contributed by atoms with van der Waals surface area (Å²) in [6, 6.07) is 15.7. The smallest absolute Gasteiger partial charge is 0.264 e. The van der Waals surface area contributed by atoms with Gasteiger partial charge in [-0.05, 0) is 35.4 Å². The highest BCUT2D eigenvalue weighted by Gasteiger charge is 2.12. The molecule has 0 aliphatic carbocycles. The summed E-state index contributed by atoms with van der Waals surface area (Å²) in [5.41, 5.74) is 5.62. The molecule has 6 nitrogen and oxygen atoms in total. The normalized spacial score (nSPS) is 11.3. The van der Waals surface area contributed by atoms with Gasteiger partial charge in [0.05, 0.1) is 0 Å². The summed E-state index contributed by atoms with van der Waals surface area (Å²) in [6.07, 6.45) is 8.92. The van der Waals surface area contributed by atoms with Crippen LogP contribution in [-0.4, -0.2) is 39.9 Å². The number of carbonyl (C=O) groups is 1. The first kappa shape index (κ1) is 19.1. The van der Waals surface area contributed by atoms with Crippen molar-refractivity contribution in [2.24, 2.45) is 0 Å². The maximum atomic E-state index is 12.1. The number of rotatable bonds is 4. The van der Waals surface area contributed by atoms with E-state index in [-0.39, 0.29) is 11.5 Å². The fraction of sp³-hybridized carbons (Fsp3) is 0.0833. The van der Waals surface area contributed by atoms with E-state index in [1.807, 2.05) is 61.1 Å². The summed E-state index contributed by atoms with van der Waals surface area (Å²) in [5.74, 6) is -0.320. The Hall–Kier alpha value is -4.24. The molecule has 0 saturated heterocycles. The van der Waals surface area contributed by atoms with Crippen molar-refractivity contribution in [2.75, 3.05) is 14.1 Å². The van der Waals surface area contributed by atoms with Gasteiger partial charge in [0, 0.05) is 61.0 Å². The molecule has 1 amide bonds. The molecule has 0 unspecified atom stereocenters. The summed E-state index contributed by atoms with van der Waals surface area (Å²) >= 11 is 0. The molecule has 3 aromatic heterocycles. The third-order valence-electron chi connectivity index (χ3n) is 4.79. The minimum Gasteiger partial charge on any atom is -0.346 e. The van der Waals surface area contributed by atoms with Crippen LogP contribution in [-0.2, 0) is 4.79 Å². The highest BCUT2D eigenvalue weighted by molar-refractivity contribution is 6.01. The molecule has 1 N–H and O–H groups in total. The van der Waals surface area contributed by atoms with Gasteiger partial charge in [-0.3, -0.25) is 9.78 Å². The van der Waals surface area contributed by atoms with Gasteiger partial charge in [-0.25, -0.2) is 4.98 Å². The quantitative estimate of drug-likeness (QED) is 0.414. The first-order chi connectivity index (χ1) is 14.6. The van der Waals surface area contributed by atoms with E-state index in [0.29, 0.717) is 0 Å². The number of fused-ring (bicyclic) bond motifs is 1. The molecular weight excluding hydrogens is 374 g/mol. The van der Waals surface area contributed by atoms with Crippen molar-refractivity contribution < 1.29 is 4.79 Å². The van der Waals surface area contributed by atoms with E-state index < -0.39 is 0 Å². The van der Waals surface area contributed by atoms with Crippen LogP contribution >= 0.6 is 0 Å². The molecule has 4 aromatic rings. The van der Waals surface area contributed by atoms with E-state index in [0.717, 1.165) is 38.9 Å². The van der Waals surface area contributed by atoms with E-state index in [1.54, 1.807) is 26.4 Å². The van der Waals surface area contributed by atoms with Gasteiger partial charge >= 0.3 is 0 Å². The van der Waals surface area contributed by atoms with Crippen molar-refractivity contribution in [1.82, 2.24) is 19.9 Å². The number of likely N-dealkylation sites (N-methyl/N-ethyl adjacent to an activating group) is 1. The number of pyridine rings is 2. The second-order valence-corrected chi connectivity index (χ2v) is 7.06. The van der Waals surface area contributed by atoms with Crippen LogP contribution in [0.3, 0.4) is 0 Å². The molecule has 0 radical (unpaired) electrons. The fourth-order valence-electron chi connectivity index (χ4n) is 3.28. The van der Waals surface area contributed by atoms with Crippen molar-refractivity contribution in [2.45, 2.75) is 0 Å². The van der Waals surface area contributed by atoms with E-state index >= 15 is 0 Å². The van der Waals surface area contributed by atoms with Gasteiger partial charge in [-0.1, -0.05) is 24.3 Å². The highest BCUT2D eigenvalue weighted by Crippen LogP contribution is 2.31. The first-order valence-corrected chi connectivity index (χ1v) is 9.38. The van der Waals surface area contributed by atoms with Gasteiger partial charge in [0.15, 0.2) is 0 Å². The van der Waals surface area contributed by atoms with Gasteiger partial charge in [0.2, 0.25) is 0 Å². The lowest BCUT2D eigenvalue weighted by Crippen LogP contribution is -2.22. The standard InChI is InChI=1S/C24H19N5O/c1-29(2)24(30)19(12-25)10-16-5-3-6-17(9-16)20-11-21-22(15-28-23(21)27-14-20)18-7-4-8-26-13-18/h3-11,13-15H,1-2H3,(H,27,28). The average Bonchev–Trinajstić information content (AvgIpc) is 3.21. The summed E-state index contributed by atoms with van der Waals surface area (Å²) in [4.78, 5) is 25.5. The highest BCUT2D eigenvalue weighted by atomic mass is 16.2. The number of nitrogens with zero attached hydrogens (tertiary/aromatic N) is 4. The summed E-state index contributed by atoms with van der Waals surface area (Å²) < 4.78 is 0. The molecule has 0 spiro atoms. The molecule has 0 fully saturated rings. The summed E-state index contributed by atoms with van der Waals surface area (Å²) in [6.45, 7) is 0. The Labute approximate surface area is 174 Å². The van der Waals surface area contributed by atoms with Crippen molar-refractivity contribution >= 4 is 23.0 Å². The van der Waals surface area contributed by atoms with Crippen molar-refractivity contribution in [3.8, 4) is 28.3 Å². The number of amides is 1.